The molecule has 1 N–H and O–H groups in total. The van der Waals surface area contributed by atoms with Gasteiger partial charge in [-0.1, -0.05) is 0 Å². The van der Waals surface area contributed by atoms with Crippen molar-refractivity contribution in [2.24, 2.45) is 0 Å². The molecule has 1 aromatic heterocycles. The number of carbonyl (C=O) groups excluding carboxylic acids is 1. The van der Waals surface area contributed by atoms with Gasteiger partial charge in [-0.05, 0) is 26.2 Å². The highest BCUT2D eigenvalue weighted by Crippen LogP contribution is 2.09. The SMILES string of the molecule is CNCCc1cc(C(=O)N2CCN(C)CC2)ccn1. The molecule has 1 aromatic rings. The largest absolute Gasteiger partial charge is 0.336 e. The van der Waals surface area contributed by atoms with Crippen molar-refractivity contribution in [1.29, 1.82) is 0 Å². The van der Waals surface area contributed by atoms with E-state index in [0.717, 1.165) is 50.4 Å². The normalized spacial score (nSPS) is 16.6. The van der Waals surface area contributed by atoms with Crippen molar-refractivity contribution in [2.75, 3.05) is 46.8 Å². The molecule has 1 aliphatic rings. The number of piperazine rings is 1. The van der Waals surface area contributed by atoms with Gasteiger partial charge in [0.1, 0.15) is 0 Å². The number of carbonyl (C=O) groups is 1. The quantitative estimate of drug-likeness (QED) is 0.844. The number of amides is 1. The Morgan fingerprint density at radius 3 is 2.79 bits per heavy atom. The highest BCUT2D eigenvalue weighted by molar-refractivity contribution is 5.94. The van der Waals surface area contributed by atoms with Crippen LogP contribution in [-0.2, 0) is 6.42 Å². The fraction of sp³-hybridized carbons (Fsp3) is 0.571. The Bertz CT molecular complexity index is 427. The van der Waals surface area contributed by atoms with E-state index in [-0.39, 0.29) is 5.91 Å². The van der Waals surface area contributed by atoms with E-state index in [4.69, 9.17) is 0 Å². The summed E-state index contributed by atoms with van der Waals surface area (Å²) in [6.07, 6.45) is 2.58. The van der Waals surface area contributed by atoms with E-state index >= 15 is 0 Å². The topological polar surface area (TPSA) is 48.5 Å². The van der Waals surface area contributed by atoms with Gasteiger partial charge in [-0.15, -0.1) is 0 Å². The van der Waals surface area contributed by atoms with E-state index in [1.165, 1.54) is 0 Å². The van der Waals surface area contributed by atoms with Gasteiger partial charge in [-0.25, -0.2) is 0 Å². The molecule has 5 nitrogen and oxygen atoms in total. The van der Waals surface area contributed by atoms with Crippen LogP contribution in [0.2, 0.25) is 0 Å². The van der Waals surface area contributed by atoms with Crippen LogP contribution in [0.5, 0.6) is 0 Å². The lowest BCUT2D eigenvalue weighted by Crippen LogP contribution is -2.47. The fourth-order valence-corrected chi connectivity index (χ4v) is 2.19. The number of likely N-dealkylation sites (N-methyl/N-ethyl adjacent to an activating group) is 2. The van der Waals surface area contributed by atoms with E-state index in [9.17, 15) is 4.79 Å². The van der Waals surface area contributed by atoms with Crippen molar-refractivity contribution in [2.45, 2.75) is 6.42 Å². The number of rotatable bonds is 4. The van der Waals surface area contributed by atoms with Gasteiger partial charge in [0.05, 0.1) is 0 Å². The molecule has 0 bridgehead atoms. The molecule has 0 radical (unpaired) electrons. The van der Waals surface area contributed by atoms with Gasteiger partial charge in [0.25, 0.3) is 5.91 Å². The summed E-state index contributed by atoms with van der Waals surface area (Å²) in [6, 6.07) is 3.72. The first-order valence-electron chi connectivity index (χ1n) is 6.78. The van der Waals surface area contributed by atoms with Crippen LogP contribution in [0.3, 0.4) is 0 Å². The zero-order valence-corrected chi connectivity index (χ0v) is 11.7. The van der Waals surface area contributed by atoms with Gasteiger partial charge in [0, 0.05) is 56.6 Å². The molecule has 2 rings (SSSR count). The van der Waals surface area contributed by atoms with Crippen molar-refractivity contribution in [1.82, 2.24) is 20.1 Å². The molecule has 0 saturated carbocycles. The second kappa shape index (κ2) is 6.63. The minimum absolute atomic E-state index is 0.126. The Morgan fingerprint density at radius 1 is 1.37 bits per heavy atom. The number of pyridine rings is 1. The van der Waals surface area contributed by atoms with Crippen LogP contribution in [-0.4, -0.2) is 67.5 Å². The van der Waals surface area contributed by atoms with Crippen LogP contribution in [0.4, 0.5) is 0 Å². The van der Waals surface area contributed by atoms with Crippen LogP contribution >= 0.6 is 0 Å². The predicted molar refractivity (Wildman–Crippen MR) is 75.3 cm³/mol. The summed E-state index contributed by atoms with van der Waals surface area (Å²) in [7, 11) is 4.00. The minimum atomic E-state index is 0.126. The number of hydrogen-bond donors (Lipinski definition) is 1. The highest BCUT2D eigenvalue weighted by atomic mass is 16.2. The predicted octanol–water partition coefficient (Wildman–Crippen LogP) is 0.231. The number of hydrogen-bond acceptors (Lipinski definition) is 4. The molecule has 2 heterocycles. The van der Waals surface area contributed by atoms with Crippen LogP contribution in [0.1, 0.15) is 16.1 Å². The molecule has 1 saturated heterocycles. The summed E-state index contributed by atoms with van der Waals surface area (Å²) in [5.41, 5.74) is 1.72. The molecular weight excluding hydrogens is 240 g/mol. The van der Waals surface area contributed by atoms with Gasteiger partial charge < -0.3 is 15.1 Å². The van der Waals surface area contributed by atoms with E-state index in [2.05, 4.69) is 22.2 Å². The summed E-state index contributed by atoms with van der Waals surface area (Å²) in [4.78, 5) is 20.9. The molecule has 104 valence electrons. The molecule has 0 atom stereocenters. The van der Waals surface area contributed by atoms with Crippen LogP contribution in [0.25, 0.3) is 0 Å². The van der Waals surface area contributed by atoms with Gasteiger partial charge in [-0.2, -0.15) is 0 Å². The monoisotopic (exact) mass is 262 g/mol. The average molecular weight is 262 g/mol. The molecule has 0 spiro atoms. The van der Waals surface area contributed by atoms with Gasteiger partial charge in [0.15, 0.2) is 0 Å². The van der Waals surface area contributed by atoms with E-state index in [0.29, 0.717) is 0 Å². The number of aromatic nitrogens is 1. The molecule has 1 amide bonds. The van der Waals surface area contributed by atoms with E-state index in [1.54, 1.807) is 6.20 Å². The third kappa shape index (κ3) is 3.75. The maximum Gasteiger partial charge on any atom is 0.254 e. The maximum absolute atomic E-state index is 12.4. The van der Waals surface area contributed by atoms with Crippen molar-refractivity contribution in [3.63, 3.8) is 0 Å². The summed E-state index contributed by atoms with van der Waals surface area (Å²) in [5, 5.41) is 3.09. The second-order valence-corrected chi connectivity index (χ2v) is 4.98. The lowest BCUT2D eigenvalue weighted by Gasteiger charge is -2.32. The zero-order valence-electron chi connectivity index (χ0n) is 11.7. The fourth-order valence-electron chi connectivity index (χ4n) is 2.19. The van der Waals surface area contributed by atoms with Crippen LogP contribution < -0.4 is 5.32 Å². The highest BCUT2D eigenvalue weighted by Gasteiger charge is 2.20. The third-order valence-corrected chi connectivity index (χ3v) is 3.49. The third-order valence-electron chi connectivity index (χ3n) is 3.49. The number of nitrogens with zero attached hydrogens (tertiary/aromatic N) is 3. The summed E-state index contributed by atoms with van der Waals surface area (Å²) in [5.74, 6) is 0.126. The first kappa shape index (κ1) is 14.0. The van der Waals surface area contributed by atoms with Crippen molar-refractivity contribution < 1.29 is 4.79 Å². The lowest BCUT2D eigenvalue weighted by molar-refractivity contribution is 0.0664. The first-order chi connectivity index (χ1) is 9.20. The Balaban J connectivity index is 2.02. The van der Waals surface area contributed by atoms with Gasteiger partial charge in [0.2, 0.25) is 0 Å². The molecule has 1 fully saturated rings. The van der Waals surface area contributed by atoms with E-state index in [1.807, 2.05) is 24.1 Å². The Hall–Kier alpha value is -1.46. The minimum Gasteiger partial charge on any atom is -0.336 e. The van der Waals surface area contributed by atoms with Crippen LogP contribution in [0.15, 0.2) is 18.3 Å². The summed E-state index contributed by atoms with van der Waals surface area (Å²) in [6.45, 7) is 4.39. The number of nitrogens with one attached hydrogen (secondary N) is 1. The average Bonchev–Trinajstić information content (AvgIpc) is 2.45. The van der Waals surface area contributed by atoms with Crippen molar-refractivity contribution in [3.8, 4) is 0 Å². The second-order valence-electron chi connectivity index (χ2n) is 4.98. The molecule has 0 aromatic carbocycles. The summed E-state index contributed by atoms with van der Waals surface area (Å²) < 4.78 is 0. The summed E-state index contributed by atoms with van der Waals surface area (Å²) >= 11 is 0. The molecule has 1 aliphatic heterocycles. The smallest absolute Gasteiger partial charge is 0.254 e. The molecule has 5 heteroatoms. The zero-order chi connectivity index (χ0) is 13.7. The molecule has 0 unspecified atom stereocenters. The Kier molecular flexibility index (Phi) is 4.87. The lowest BCUT2D eigenvalue weighted by atomic mass is 10.1. The van der Waals surface area contributed by atoms with Crippen molar-refractivity contribution >= 4 is 5.91 Å². The van der Waals surface area contributed by atoms with Gasteiger partial charge >= 0.3 is 0 Å². The molecule has 0 aliphatic carbocycles. The first-order valence-corrected chi connectivity index (χ1v) is 6.78. The van der Waals surface area contributed by atoms with Crippen LogP contribution in [0, 0.1) is 0 Å². The van der Waals surface area contributed by atoms with Gasteiger partial charge in [-0.3, -0.25) is 9.78 Å². The Labute approximate surface area is 114 Å². The molecular formula is C14H22N4O. The van der Waals surface area contributed by atoms with Crippen molar-refractivity contribution in [3.05, 3.63) is 29.6 Å². The maximum atomic E-state index is 12.4. The van der Waals surface area contributed by atoms with E-state index < -0.39 is 0 Å². The molecule has 19 heavy (non-hydrogen) atoms. The standard InChI is InChI=1S/C14H22N4O/c1-15-5-4-13-11-12(3-6-16-13)14(19)18-9-7-17(2)8-10-18/h3,6,11,15H,4-5,7-10H2,1-2H3. The Morgan fingerprint density at radius 2 is 2.11 bits per heavy atom.